The van der Waals surface area contributed by atoms with Crippen LogP contribution in [0, 0.1) is 20.8 Å². The third-order valence-corrected chi connectivity index (χ3v) is 3.93. The Morgan fingerprint density at radius 1 is 0.826 bits per heavy atom. The van der Waals surface area contributed by atoms with E-state index in [1.807, 2.05) is 31.2 Å². The van der Waals surface area contributed by atoms with E-state index >= 15 is 0 Å². The summed E-state index contributed by atoms with van der Waals surface area (Å²) in [6, 6.07) is 11.8. The number of rotatable bonds is 2. The molecule has 2 aromatic heterocycles. The maximum atomic E-state index is 5.48. The minimum absolute atomic E-state index is 0.513. The highest BCUT2D eigenvalue weighted by Gasteiger charge is 2.13. The van der Waals surface area contributed by atoms with Crippen molar-refractivity contribution in [1.82, 2.24) is 15.1 Å². The molecular weight excluding hydrogens is 290 g/mol. The average molecular weight is 305 g/mol. The third kappa shape index (κ3) is 2.40. The largest absolute Gasteiger partial charge is 0.441 e. The summed E-state index contributed by atoms with van der Waals surface area (Å²) in [6.45, 7) is 5.97. The summed E-state index contributed by atoms with van der Waals surface area (Å²) in [6.07, 6.45) is 0. The van der Waals surface area contributed by atoms with Crippen molar-refractivity contribution in [2.75, 3.05) is 0 Å². The summed E-state index contributed by atoms with van der Waals surface area (Å²) in [5, 5.41) is 4.08. The fraction of sp³-hybridized carbons (Fsp3) is 0.167. The summed E-state index contributed by atoms with van der Waals surface area (Å²) in [4.78, 5) is 8.83. The van der Waals surface area contributed by atoms with Crippen LogP contribution >= 0.6 is 0 Å². The van der Waals surface area contributed by atoms with Gasteiger partial charge in [0.2, 0.25) is 5.82 Å². The second-order valence-electron chi connectivity index (χ2n) is 5.64. The Morgan fingerprint density at radius 2 is 1.65 bits per heavy atom. The van der Waals surface area contributed by atoms with Gasteiger partial charge in [0, 0.05) is 18.1 Å². The van der Waals surface area contributed by atoms with Crippen LogP contribution in [0.15, 0.2) is 45.3 Å². The molecule has 0 aliphatic carbocycles. The minimum Gasteiger partial charge on any atom is -0.441 e. The summed E-state index contributed by atoms with van der Waals surface area (Å²) >= 11 is 0. The van der Waals surface area contributed by atoms with E-state index in [0.29, 0.717) is 17.6 Å². The quantitative estimate of drug-likeness (QED) is 0.546. The average Bonchev–Trinajstić information content (AvgIpc) is 3.14. The number of aryl methyl sites for hydroxylation is 3. The Hall–Kier alpha value is -2.95. The maximum Gasteiger partial charge on any atom is 0.258 e. The van der Waals surface area contributed by atoms with Gasteiger partial charge in [-0.25, -0.2) is 4.98 Å². The van der Waals surface area contributed by atoms with Gasteiger partial charge in [0.15, 0.2) is 11.5 Å². The Balaban J connectivity index is 1.74. The van der Waals surface area contributed by atoms with E-state index in [1.165, 1.54) is 11.1 Å². The molecule has 0 N–H and O–H groups in total. The lowest BCUT2D eigenvalue weighted by molar-refractivity contribution is 0.432. The molecule has 114 valence electrons. The fourth-order valence-electron chi connectivity index (χ4n) is 2.51. The molecule has 0 aliphatic heterocycles. The molecule has 4 aromatic rings. The van der Waals surface area contributed by atoms with Crippen molar-refractivity contribution >= 4 is 11.1 Å². The zero-order valence-corrected chi connectivity index (χ0v) is 13.1. The first-order valence-electron chi connectivity index (χ1n) is 7.39. The molecule has 0 radical (unpaired) electrons. The molecule has 23 heavy (non-hydrogen) atoms. The van der Waals surface area contributed by atoms with Crippen molar-refractivity contribution in [3.8, 4) is 22.8 Å². The maximum absolute atomic E-state index is 5.48. The summed E-state index contributed by atoms with van der Waals surface area (Å²) in [7, 11) is 0. The number of benzene rings is 2. The normalized spacial score (nSPS) is 11.3. The molecular formula is C18H15N3O2. The van der Waals surface area contributed by atoms with Crippen LogP contribution < -0.4 is 0 Å². The highest BCUT2D eigenvalue weighted by atomic mass is 16.5. The van der Waals surface area contributed by atoms with Crippen LogP contribution in [0.2, 0.25) is 0 Å². The predicted molar refractivity (Wildman–Crippen MR) is 86.9 cm³/mol. The Labute approximate surface area is 133 Å². The number of hydrogen-bond acceptors (Lipinski definition) is 5. The number of aromatic nitrogens is 3. The predicted octanol–water partition coefficient (Wildman–Crippen LogP) is 4.47. The number of fused-ring (bicyclic) bond motifs is 1. The van der Waals surface area contributed by atoms with Gasteiger partial charge in [0.1, 0.15) is 5.52 Å². The molecule has 2 aromatic carbocycles. The molecule has 0 spiro atoms. The molecule has 0 bridgehead atoms. The highest BCUT2D eigenvalue weighted by molar-refractivity contribution is 5.78. The van der Waals surface area contributed by atoms with E-state index < -0.39 is 0 Å². The molecule has 2 heterocycles. The first kappa shape index (κ1) is 13.7. The van der Waals surface area contributed by atoms with Crippen LogP contribution in [0.4, 0.5) is 0 Å². The summed E-state index contributed by atoms with van der Waals surface area (Å²) < 4.78 is 10.9. The molecule has 4 rings (SSSR count). The van der Waals surface area contributed by atoms with Crippen molar-refractivity contribution in [1.29, 1.82) is 0 Å². The van der Waals surface area contributed by atoms with Gasteiger partial charge >= 0.3 is 0 Å². The van der Waals surface area contributed by atoms with Crippen molar-refractivity contribution in [2.45, 2.75) is 20.8 Å². The monoisotopic (exact) mass is 305 g/mol. The number of hydrogen-bond donors (Lipinski definition) is 0. The first-order valence-corrected chi connectivity index (χ1v) is 7.39. The van der Waals surface area contributed by atoms with E-state index in [0.717, 1.165) is 22.2 Å². The highest BCUT2D eigenvalue weighted by Crippen LogP contribution is 2.26. The van der Waals surface area contributed by atoms with Crippen LogP contribution in [0.5, 0.6) is 0 Å². The topological polar surface area (TPSA) is 65.0 Å². The van der Waals surface area contributed by atoms with Crippen molar-refractivity contribution in [3.05, 3.63) is 53.4 Å². The minimum atomic E-state index is 0.513. The molecule has 0 unspecified atom stereocenters. The molecule has 0 saturated carbocycles. The Bertz CT molecular complexity index is 1010. The van der Waals surface area contributed by atoms with Crippen molar-refractivity contribution in [2.24, 2.45) is 0 Å². The lowest BCUT2D eigenvalue weighted by Crippen LogP contribution is -1.84. The lowest BCUT2D eigenvalue weighted by atomic mass is 10.1. The molecule has 0 atom stereocenters. The van der Waals surface area contributed by atoms with E-state index in [-0.39, 0.29) is 0 Å². The van der Waals surface area contributed by atoms with Gasteiger partial charge in [-0.3, -0.25) is 0 Å². The van der Waals surface area contributed by atoms with Gasteiger partial charge in [-0.05, 0) is 55.3 Å². The van der Waals surface area contributed by atoms with E-state index in [4.69, 9.17) is 8.94 Å². The SMILES string of the molecule is Cc1nc2cc(-c3noc(-c4ccc(C)c(C)c4)n3)ccc2o1. The van der Waals surface area contributed by atoms with Gasteiger partial charge in [0.05, 0.1) is 0 Å². The molecule has 5 nitrogen and oxygen atoms in total. The zero-order chi connectivity index (χ0) is 16.0. The van der Waals surface area contributed by atoms with Crippen LogP contribution in [0.3, 0.4) is 0 Å². The molecule has 5 heteroatoms. The molecule has 0 fully saturated rings. The number of nitrogens with zero attached hydrogens (tertiary/aromatic N) is 3. The van der Waals surface area contributed by atoms with Crippen LogP contribution in [-0.2, 0) is 0 Å². The van der Waals surface area contributed by atoms with Gasteiger partial charge < -0.3 is 8.94 Å². The molecule has 0 aliphatic rings. The fourth-order valence-corrected chi connectivity index (χ4v) is 2.51. The van der Waals surface area contributed by atoms with Gasteiger partial charge in [-0.1, -0.05) is 11.2 Å². The lowest BCUT2D eigenvalue weighted by Gasteiger charge is -2.00. The second-order valence-corrected chi connectivity index (χ2v) is 5.64. The second kappa shape index (κ2) is 5.05. The van der Waals surface area contributed by atoms with Crippen molar-refractivity contribution < 1.29 is 8.94 Å². The van der Waals surface area contributed by atoms with Crippen LogP contribution in [-0.4, -0.2) is 15.1 Å². The molecule has 0 saturated heterocycles. The van der Waals surface area contributed by atoms with E-state index in [9.17, 15) is 0 Å². The Kier molecular flexibility index (Phi) is 3.01. The van der Waals surface area contributed by atoms with Gasteiger partial charge in [-0.2, -0.15) is 4.98 Å². The standard InChI is InChI=1S/C18H15N3O2/c1-10-4-5-14(8-11(10)2)18-20-17(21-23-18)13-6-7-16-15(9-13)19-12(3)22-16/h4-9H,1-3H3. The van der Waals surface area contributed by atoms with Gasteiger partial charge in [-0.15, -0.1) is 0 Å². The first-order chi connectivity index (χ1) is 11.1. The number of oxazole rings is 1. The van der Waals surface area contributed by atoms with Crippen molar-refractivity contribution in [3.63, 3.8) is 0 Å². The Morgan fingerprint density at radius 3 is 2.48 bits per heavy atom. The van der Waals surface area contributed by atoms with E-state index in [2.05, 4.69) is 41.1 Å². The van der Waals surface area contributed by atoms with E-state index in [1.54, 1.807) is 0 Å². The summed E-state index contributed by atoms with van der Waals surface area (Å²) in [5.41, 5.74) is 5.75. The van der Waals surface area contributed by atoms with Crippen LogP contribution in [0.25, 0.3) is 33.9 Å². The van der Waals surface area contributed by atoms with Crippen LogP contribution in [0.1, 0.15) is 17.0 Å². The smallest absolute Gasteiger partial charge is 0.258 e. The zero-order valence-electron chi connectivity index (χ0n) is 13.1. The molecule has 0 amide bonds. The third-order valence-electron chi connectivity index (χ3n) is 3.93. The summed E-state index contributed by atoms with van der Waals surface area (Å²) in [5.74, 6) is 1.70. The van der Waals surface area contributed by atoms with Gasteiger partial charge in [0.25, 0.3) is 5.89 Å².